The number of nitrogens with two attached hydrogens (primary N) is 1. The van der Waals surface area contributed by atoms with E-state index in [1.807, 2.05) is 6.92 Å². The molecule has 0 saturated heterocycles. The maximum atomic E-state index is 13.2. The van der Waals surface area contributed by atoms with Crippen molar-refractivity contribution in [1.82, 2.24) is 0 Å². The average Bonchev–Trinajstić information content (AvgIpc) is 2.68. The summed E-state index contributed by atoms with van der Waals surface area (Å²) in [5.41, 5.74) is 4.90. The van der Waals surface area contributed by atoms with Gasteiger partial charge in [-0.3, -0.25) is 0 Å². The van der Waals surface area contributed by atoms with Crippen LogP contribution in [0.5, 0.6) is 0 Å². The molecule has 0 bridgehead atoms. The molecule has 0 saturated carbocycles. The number of thiophene rings is 1. The van der Waals surface area contributed by atoms with Gasteiger partial charge in [0.25, 0.3) is 0 Å². The van der Waals surface area contributed by atoms with E-state index in [1.165, 1.54) is 17.4 Å². The second kappa shape index (κ2) is 5.46. The van der Waals surface area contributed by atoms with Crippen LogP contribution in [0.3, 0.4) is 0 Å². The predicted molar refractivity (Wildman–Crippen MR) is 74.2 cm³/mol. The Bertz CT molecular complexity index is 616. The predicted octanol–water partition coefficient (Wildman–Crippen LogP) is 5.03. The molecular weight excluding hydrogens is 358 g/mol. The third-order valence-corrected chi connectivity index (χ3v) is 5.06. The second-order valence-corrected chi connectivity index (χ2v) is 6.41. The molecule has 1 atom stereocenters. The zero-order valence-electron chi connectivity index (χ0n) is 10.3. The highest BCUT2D eigenvalue weighted by molar-refractivity contribution is 9.10. The zero-order chi connectivity index (χ0) is 15.1. The molecule has 2 N–H and O–H groups in total. The van der Waals surface area contributed by atoms with E-state index in [1.54, 1.807) is 6.07 Å². The lowest BCUT2D eigenvalue weighted by Crippen LogP contribution is -2.14. The van der Waals surface area contributed by atoms with Gasteiger partial charge in [0.15, 0.2) is 0 Å². The molecule has 0 radical (unpaired) electrons. The Balaban J connectivity index is 2.43. The van der Waals surface area contributed by atoms with Crippen LogP contribution in [0.2, 0.25) is 0 Å². The van der Waals surface area contributed by atoms with E-state index >= 15 is 0 Å². The van der Waals surface area contributed by atoms with E-state index in [0.29, 0.717) is 4.88 Å². The van der Waals surface area contributed by atoms with Crippen molar-refractivity contribution in [2.45, 2.75) is 19.1 Å². The van der Waals surface area contributed by atoms with Gasteiger partial charge in [-0.05, 0) is 46.6 Å². The normalized spacial score (nSPS) is 13.6. The highest BCUT2D eigenvalue weighted by atomic mass is 79.9. The average molecular weight is 368 g/mol. The molecule has 0 fully saturated rings. The molecule has 1 aromatic heterocycles. The number of halogens is 5. The summed E-state index contributed by atoms with van der Waals surface area (Å²) < 4.78 is 52.1. The fraction of sp³-hybridized carbons (Fsp3) is 0.231. The molecule has 0 aliphatic carbocycles. The van der Waals surface area contributed by atoms with Crippen LogP contribution in [0.1, 0.15) is 26.9 Å². The molecule has 108 valence electrons. The Morgan fingerprint density at radius 3 is 2.40 bits per heavy atom. The molecule has 0 aliphatic rings. The van der Waals surface area contributed by atoms with Crippen molar-refractivity contribution < 1.29 is 17.6 Å². The molecule has 0 aliphatic heterocycles. The summed E-state index contributed by atoms with van der Waals surface area (Å²) in [6.07, 6.45) is -4.73. The Kier molecular flexibility index (Phi) is 4.22. The maximum Gasteiger partial charge on any atom is 0.419 e. The Labute approximate surface area is 125 Å². The molecule has 7 heteroatoms. The van der Waals surface area contributed by atoms with Gasteiger partial charge in [-0.15, -0.1) is 11.3 Å². The van der Waals surface area contributed by atoms with E-state index in [4.69, 9.17) is 5.73 Å². The molecular formula is C13H10BrF4NS. The molecule has 20 heavy (non-hydrogen) atoms. The number of hydrogen-bond acceptors (Lipinski definition) is 2. The molecule has 0 spiro atoms. The van der Waals surface area contributed by atoms with E-state index < -0.39 is 23.6 Å². The first-order chi connectivity index (χ1) is 9.20. The minimum atomic E-state index is -4.73. The van der Waals surface area contributed by atoms with Crippen LogP contribution in [0.25, 0.3) is 0 Å². The lowest BCUT2D eigenvalue weighted by atomic mass is 10.0. The third-order valence-electron chi connectivity index (χ3n) is 2.84. The van der Waals surface area contributed by atoms with Crippen molar-refractivity contribution >= 4 is 27.3 Å². The summed E-state index contributed by atoms with van der Waals surface area (Å²) in [6, 6.07) is 3.89. The monoisotopic (exact) mass is 367 g/mol. The largest absolute Gasteiger partial charge is 0.419 e. The lowest BCUT2D eigenvalue weighted by Gasteiger charge is -2.14. The van der Waals surface area contributed by atoms with Gasteiger partial charge in [0.1, 0.15) is 5.82 Å². The third kappa shape index (κ3) is 3.05. The number of hydrogen-bond donors (Lipinski definition) is 1. The minimum absolute atomic E-state index is 0.229. The van der Waals surface area contributed by atoms with Crippen LogP contribution in [0.4, 0.5) is 17.6 Å². The minimum Gasteiger partial charge on any atom is -0.320 e. The van der Waals surface area contributed by atoms with Gasteiger partial charge in [-0.1, -0.05) is 6.07 Å². The van der Waals surface area contributed by atoms with Crippen LogP contribution in [0.15, 0.2) is 28.7 Å². The van der Waals surface area contributed by atoms with Gasteiger partial charge in [0, 0.05) is 14.2 Å². The van der Waals surface area contributed by atoms with Gasteiger partial charge in [-0.2, -0.15) is 13.2 Å². The van der Waals surface area contributed by atoms with Crippen molar-refractivity contribution in [3.05, 3.63) is 55.4 Å². The molecule has 1 aromatic carbocycles. The van der Waals surface area contributed by atoms with Crippen molar-refractivity contribution in [3.63, 3.8) is 0 Å². The van der Waals surface area contributed by atoms with Crippen molar-refractivity contribution in [2.24, 2.45) is 5.73 Å². The fourth-order valence-corrected chi connectivity index (χ4v) is 3.34. The fourth-order valence-electron chi connectivity index (χ4n) is 1.75. The molecule has 2 rings (SSSR count). The van der Waals surface area contributed by atoms with Crippen molar-refractivity contribution in [1.29, 1.82) is 0 Å². The second-order valence-electron chi connectivity index (χ2n) is 4.27. The van der Waals surface area contributed by atoms with Gasteiger partial charge >= 0.3 is 6.18 Å². The summed E-state index contributed by atoms with van der Waals surface area (Å²) in [5.74, 6) is -1.29. The number of rotatable bonds is 2. The molecule has 1 heterocycles. The van der Waals surface area contributed by atoms with E-state index in [-0.39, 0.29) is 5.56 Å². The lowest BCUT2D eigenvalue weighted by molar-refractivity contribution is -0.140. The number of alkyl halides is 3. The van der Waals surface area contributed by atoms with Crippen LogP contribution < -0.4 is 5.73 Å². The highest BCUT2D eigenvalue weighted by Crippen LogP contribution is 2.36. The van der Waals surface area contributed by atoms with Crippen molar-refractivity contribution in [2.75, 3.05) is 0 Å². The van der Waals surface area contributed by atoms with E-state index in [0.717, 1.165) is 21.5 Å². The summed E-state index contributed by atoms with van der Waals surface area (Å²) in [4.78, 5) is 1.70. The van der Waals surface area contributed by atoms with Crippen LogP contribution in [0, 0.1) is 12.7 Å². The Morgan fingerprint density at radius 1 is 1.25 bits per heavy atom. The zero-order valence-corrected chi connectivity index (χ0v) is 12.7. The smallest absolute Gasteiger partial charge is 0.320 e. The Morgan fingerprint density at radius 2 is 1.90 bits per heavy atom. The quantitative estimate of drug-likeness (QED) is 0.740. The highest BCUT2D eigenvalue weighted by Gasteiger charge is 2.34. The van der Waals surface area contributed by atoms with Gasteiger partial charge < -0.3 is 5.73 Å². The summed E-state index contributed by atoms with van der Waals surface area (Å²) in [7, 11) is 0. The van der Waals surface area contributed by atoms with Crippen LogP contribution in [-0.2, 0) is 6.18 Å². The van der Waals surface area contributed by atoms with Crippen LogP contribution in [-0.4, -0.2) is 0 Å². The first-order valence-corrected chi connectivity index (χ1v) is 7.19. The maximum absolute atomic E-state index is 13.2. The number of benzene rings is 1. The first-order valence-electron chi connectivity index (χ1n) is 5.58. The summed E-state index contributed by atoms with van der Waals surface area (Å²) in [6.45, 7) is 1.87. The Hall–Kier alpha value is -0.920. The van der Waals surface area contributed by atoms with Gasteiger partial charge in [-0.25, -0.2) is 4.39 Å². The molecule has 0 amide bonds. The van der Waals surface area contributed by atoms with E-state index in [9.17, 15) is 17.6 Å². The van der Waals surface area contributed by atoms with Crippen LogP contribution >= 0.6 is 27.3 Å². The molecule has 1 unspecified atom stereocenters. The first kappa shape index (κ1) is 15.5. The van der Waals surface area contributed by atoms with Gasteiger partial charge in [0.05, 0.1) is 11.6 Å². The summed E-state index contributed by atoms with van der Waals surface area (Å²) in [5, 5.41) is 0. The summed E-state index contributed by atoms with van der Waals surface area (Å²) >= 11 is 4.72. The molecule has 2 aromatic rings. The topological polar surface area (TPSA) is 26.0 Å². The van der Waals surface area contributed by atoms with Gasteiger partial charge in [0.2, 0.25) is 0 Å². The van der Waals surface area contributed by atoms with E-state index in [2.05, 4.69) is 15.9 Å². The standard InChI is InChI=1S/C13H10BrF4NS/c1-6-9(14)5-11(20-6)12(19)7-2-3-10(15)8(4-7)13(16,17)18/h2-5,12H,19H2,1H3. The molecule has 1 nitrogen and oxygen atoms in total. The number of aryl methyl sites for hydroxylation is 1. The SMILES string of the molecule is Cc1sc(C(N)c2ccc(F)c(C(F)(F)F)c2)cc1Br. The van der Waals surface area contributed by atoms with Crippen molar-refractivity contribution in [3.8, 4) is 0 Å².